The summed E-state index contributed by atoms with van der Waals surface area (Å²) in [4.78, 5) is 0. The number of allylic oxidation sites excluding steroid dienone is 6. The maximum atomic E-state index is 2.65. The molecule has 0 aliphatic heterocycles. The average Bonchev–Trinajstić information content (AvgIpc) is 3.09. The van der Waals surface area contributed by atoms with Gasteiger partial charge in [0.1, 0.15) is 0 Å². The van der Waals surface area contributed by atoms with E-state index >= 15 is 0 Å². The fourth-order valence-corrected chi connectivity index (χ4v) is 6.06. The van der Waals surface area contributed by atoms with Crippen LogP contribution in [0.3, 0.4) is 0 Å². The Morgan fingerprint density at radius 2 is 1.80 bits per heavy atom. The van der Waals surface area contributed by atoms with Crippen molar-refractivity contribution in [3.05, 3.63) is 34.9 Å². The molecule has 0 amide bonds. The Kier molecular flexibility index (Phi) is 5.66. The summed E-state index contributed by atoms with van der Waals surface area (Å²) < 4.78 is 0. The van der Waals surface area contributed by atoms with Gasteiger partial charge in [0.2, 0.25) is 0 Å². The summed E-state index contributed by atoms with van der Waals surface area (Å²) in [7, 11) is 0. The first-order valence-corrected chi connectivity index (χ1v) is 10.8. The molecule has 0 N–H and O–H groups in total. The molecule has 0 aromatic rings. The fraction of sp³-hybridized carbons (Fsp3) is 0.760. The number of hydrogen-bond donors (Lipinski definition) is 0. The molecule has 2 fully saturated rings. The molecule has 3 aliphatic carbocycles. The van der Waals surface area contributed by atoms with Crippen molar-refractivity contribution in [2.24, 2.45) is 35.0 Å². The lowest BCUT2D eigenvalue weighted by Crippen LogP contribution is -2.27. The van der Waals surface area contributed by atoms with Crippen molar-refractivity contribution in [3.8, 4) is 0 Å². The van der Waals surface area contributed by atoms with Crippen LogP contribution in [0.25, 0.3) is 0 Å². The zero-order valence-electron chi connectivity index (χ0n) is 17.6. The van der Waals surface area contributed by atoms with E-state index < -0.39 is 0 Å². The molecule has 3 aliphatic rings. The molecule has 25 heavy (non-hydrogen) atoms. The van der Waals surface area contributed by atoms with E-state index in [2.05, 4.69) is 59.8 Å². The van der Waals surface area contributed by atoms with Crippen LogP contribution in [0.1, 0.15) is 86.5 Å². The molecule has 0 nitrogen and oxygen atoms in total. The number of fused-ring (bicyclic) bond motifs is 2. The lowest BCUT2D eigenvalue weighted by molar-refractivity contribution is 0.170. The maximum Gasteiger partial charge on any atom is 0.000714 e. The Morgan fingerprint density at radius 1 is 1.04 bits per heavy atom. The normalized spacial score (nSPS) is 46.0. The van der Waals surface area contributed by atoms with Gasteiger partial charge in [-0.3, -0.25) is 0 Å². The zero-order valence-corrected chi connectivity index (χ0v) is 17.6. The molecule has 0 saturated heterocycles. The third-order valence-corrected chi connectivity index (χ3v) is 8.00. The van der Waals surface area contributed by atoms with E-state index in [0.29, 0.717) is 5.41 Å². The third kappa shape index (κ3) is 3.83. The number of rotatable bonds is 1. The minimum absolute atomic E-state index is 0.502. The minimum atomic E-state index is 0.502. The molecule has 3 rings (SSSR count). The lowest BCUT2D eigenvalue weighted by atomic mass is 9.70. The van der Waals surface area contributed by atoms with E-state index in [4.69, 9.17) is 0 Å². The van der Waals surface area contributed by atoms with Crippen LogP contribution in [-0.2, 0) is 0 Å². The molecule has 0 heterocycles. The van der Waals surface area contributed by atoms with E-state index in [1.165, 1.54) is 38.5 Å². The molecule has 0 unspecified atom stereocenters. The predicted molar refractivity (Wildman–Crippen MR) is 110 cm³/mol. The summed E-state index contributed by atoms with van der Waals surface area (Å²) in [5.74, 6) is 4.09. The van der Waals surface area contributed by atoms with Gasteiger partial charge in [0.05, 0.1) is 0 Å². The van der Waals surface area contributed by atoms with Crippen LogP contribution in [0.2, 0.25) is 0 Å². The van der Waals surface area contributed by atoms with Gasteiger partial charge < -0.3 is 0 Å². The summed E-state index contributed by atoms with van der Waals surface area (Å²) >= 11 is 0. The molecular weight excluding hydrogens is 300 g/mol. The van der Waals surface area contributed by atoms with E-state index in [-0.39, 0.29) is 0 Å². The van der Waals surface area contributed by atoms with Crippen molar-refractivity contribution >= 4 is 0 Å². The fourth-order valence-electron chi connectivity index (χ4n) is 6.06. The summed E-state index contributed by atoms with van der Waals surface area (Å²) in [6.45, 7) is 14.7. The van der Waals surface area contributed by atoms with Gasteiger partial charge in [-0.1, -0.05) is 62.6 Å². The van der Waals surface area contributed by atoms with Gasteiger partial charge in [-0.15, -0.1) is 0 Å². The predicted octanol–water partition coefficient (Wildman–Crippen LogP) is 7.72. The van der Waals surface area contributed by atoms with E-state index in [0.717, 1.165) is 36.0 Å². The average molecular weight is 341 g/mol. The van der Waals surface area contributed by atoms with Crippen molar-refractivity contribution in [2.45, 2.75) is 86.5 Å². The molecule has 0 aromatic carbocycles. The Hall–Kier alpha value is -0.780. The molecule has 0 spiro atoms. The van der Waals surface area contributed by atoms with Crippen LogP contribution in [0.15, 0.2) is 34.9 Å². The zero-order chi connectivity index (χ0) is 18.2. The molecule has 0 aromatic heterocycles. The Morgan fingerprint density at radius 3 is 2.52 bits per heavy atom. The Bertz CT molecular complexity index is 573. The van der Waals surface area contributed by atoms with Crippen molar-refractivity contribution in [3.63, 3.8) is 0 Å². The highest BCUT2D eigenvalue weighted by Gasteiger charge is 2.44. The van der Waals surface area contributed by atoms with Crippen molar-refractivity contribution in [1.29, 1.82) is 0 Å². The highest BCUT2D eigenvalue weighted by Crippen LogP contribution is 2.54. The van der Waals surface area contributed by atoms with Gasteiger partial charge in [0, 0.05) is 5.92 Å². The maximum absolute atomic E-state index is 2.65. The van der Waals surface area contributed by atoms with Crippen LogP contribution < -0.4 is 0 Å². The molecule has 0 radical (unpaired) electrons. The van der Waals surface area contributed by atoms with Crippen LogP contribution in [0.5, 0.6) is 0 Å². The Balaban J connectivity index is 1.95. The highest BCUT2D eigenvalue weighted by molar-refractivity contribution is 5.27. The second kappa shape index (κ2) is 7.45. The van der Waals surface area contributed by atoms with E-state index in [1.54, 1.807) is 16.7 Å². The lowest BCUT2D eigenvalue weighted by Gasteiger charge is -2.35. The second-order valence-corrected chi connectivity index (χ2v) is 10.1. The first kappa shape index (κ1) is 19.0. The van der Waals surface area contributed by atoms with E-state index in [9.17, 15) is 0 Å². The van der Waals surface area contributed by atoms with Crippen molar-refractivity contribution < 1.29 is 0 Å². The molecule has 2 saturated carbocycles. The van der Waals surface area contributed by atoms with Gasteiger partial charge in [-0.05, 0) is 87.9 Å². The van der Waals surface area contributed by atoms with Gasteiger partial charge in [-0.25, -0.2) is 0 Å². The van der Waals surface area contributed by atoms with E-state index in [1.807, 2.05) is 0 Å². The first-order valence-electron chi connectivity index (χ1n) is 10.8. The van der Waals surface area contributed by atoms with Crippen LogP contribution in [0.4, 0.5) is 0 Å². The number of hydrogen-bond acceptors (Lipinski definition) is 0. The largest absolute Gasteiger partial charge is 0.0847 e. The van der Waals surface area contributed by atoms with Crippen LogP contribution in [-0.4, -0.2) is 0 Å². The SMILES string of the molecule is C/C1=C/C[C@@H]2[C@H](C(C)C)CC[C@@]2(C)C/C=C(\C)C/C=C2\[C@@H](C)CC[C@@H]12. The summed E-state index contributed by atoms with van der Waals surface area (Å²) in [6.07, 6.45) is 17.2. The first-order chi connectivity index (χ1) is 11.8. The standard InChI is InChI=1S/C25H40/c1-17(2)21-14-16-25(6)15-13-18(3)7-10-22-19(4)8-11-23(22)20(5)9-12-24(21)25/h9-10,13,17,19,21,23-24H,7-8,11-12,14-16H2,1-6H3/b18-13+,20-9-,22-10+/t19-,21-,23-,24+,25+/m0/s1. The van der Waals surface area contributed by atoms with Crippen molar-refractivity contribution in [2.75, 3.05) is 0 Å². The minimum Gasteiger partial charge on any atom is -0.0847 e. The van der Waals surface area contributed by atoms with Crippen LogP contribution >= 0.6 is 0 Å². The molecule has 0 bridgehead atoms. The molecule has 0 heteroatoms. The molecular formula is C25H40. The Labute approximate surface area is 156 Å². The monoisotopic (exact) mass is 340 g/mol. The molecule has 5 atom stereocenters. The third-order valence-electron chi connectivity index (χ3n) is 8.00. The van der Waals surface area contributed by atoms with Gasteiger partial charge >= 0.3 is 0 Å². The second-order valence-electron chi connectivity index (χ2n) is 10.1. The summed E-state index contributed by atoms with van der Waals surface area (Å²) in [5, 5.41) is 0. The molecule has 140 valence electrons. The van der Waals surface area contributed by atoms with Gasteiger partial charge in [-0.2, -0.15) is 0 Å². The highest BCUT2D eigenvalue weighted by atomic mass is 14.5. The smallest absolute Gasteiger partial charge is 0.000714 e. The van der Waals surface area contributed by atoms with Gasteiger partial charge in [0.25, 0.3) is 0 Å². The van der Waals surface area contributed by atoms with Gasteiger partial charge in [0.15, 0.2) is 0 Å². The quantitative estimate of drug-likeness (QED) is 0.428. The van der Waals surface area contributed by atoms with Crippen molar-refractivity contribution in [1.82, 2.24) is 0 Å². The summed E-state index contributed by atoms with van der Waals surface area (Å²) in [6, 6.07) is 0. The summed E-state index contributed by atoms with van der Waals surface area (Å²) in [5.41, 5.74) is 5.48. The van der Waals surface area contributed by atoms with Crippen LogP contribution in [0, 0.1) is 35.0 Å². The topological polar surface area (TPSA) is 0 Å².